The second-order valence-electron chi connectivity index (χ2n) is 4.45. The molecule has 5 nitrogen and oxygen atoms in total. The van der Waals surface area contributed by atoms with Crippen LogP contribution in [-0.2, 0) is 11.3 Å². The summed E-state index contributed by atoms with van der Waals surface area (Å²) in [5, 5.41) is 0.478. The first-order valence-corrected chi connectivity index (χ1v) is 7.67. The first kappa shape index (κ1) is 14.7. The van der Waals surface area contributed by atoms with Crippen molar-refractivity contribution >= 4 is 28.9 Å². The lowest BCUT2D eigenvalue weighted by molar-refractivity contribution is 0.0470. The molecule has 0 saturated heterocycles. The standard InChI is InChI=1S/C15H11ClN2O3S/c1-9-12(22-8-18-9)6-20-15(19)13-14(21-7-17-13)10-4-2-3-5-11(10)16/h2-5,7-8H,6H2,1H3. The zero-order valence-electron chi connectivity index (χ0n) is 11.6. The molecule has 2 heterocycles. The summed E-state index contributed by atoms with van der Waals surface area (Å²) in [6.45, 7) is 2.02. The van der Waals surface area contributed by atoms with Gasteiger partial charge in [0, 0.05) is 5.56 Å². The second kappa shape index (κ2) is 6.29. The number of halogens is 1. The molecule has 7 heteroatoms. The molecule has 0 atom stereocenters. The maximum atomic E-state index is 12.2. The molecule has 0 saturated carbocycles. The highest BCUT2D eigenvalue weighted by molar-refractivity contribution is 7.09. The number of hydrogen-bond acceptors (Lipinski definition) is 6. The van der Waals surface area contributed by atoms with E-state index in [2.05, 4.69) is 9.97 Å². The zero-order valence-corrected chi connectivity index (χ0v) is 13.1. The molecular formula is C15H11ClN2O3S. The van der Waals surface area contributed by atoms with Gasteiger partial charge in [0.25, 0.3) is 0 Å². The Morgan fingerprint density at radius 3 is 2.91 bits per heavy atom. The van der Waals surface area contributed by atoms with Gasteiger partial charge in [-0.1, -0.05) is 23.7 Å². The van der Waals surface area contributed by atoms with Gasteiger partial charge >= 0.3 is 5.97 Å². The topological polar surface area (TPSA) is 65.2 Å². The van der Waals surface area contributed by atoms with Crippen LogP contribution >= 0.6 is 22.9 Å². The number of esters is 1. The number of rotatable bonds is 4. The molecular weight excluding hydrogens is 324 g/mol. The summed E-state index contributed by atoms with van der Waals surface area (Å²) in [5.41, 5.74) is 3.27. The van der Waals surface area contributed by atoms with Gasteiger partial charge in [-0.25, -0.2) is 14.8 Å². The fraction of sp³-hybridized carbons (Fsp3) is 0.133. The van der Waals surface area contributed by atoms with Gasteiger partial charge in [-0.05, 0) is 19.1 Å². The van der Waals surface area contributed by atoms with Crippen LogP contribution in [0.2, 0.25) is 5.02 Å². The van der Waals surface area contributed by atoms with Crippen LogP contribution in [0.1, 0.15) is 21.1 Å². The Kier molecular flexibility index (Phi) is 4.22. The van der Waals surface area contributed by atoms with Crippen molar-refractivity contribution < 1.29 is 13.9 Å². The quantitative estimate of drug-likeness (QED) is 0.671. The lowest BCUT2D eigenvalue weighted by Crippen LogP contribution is -2.07. The summed E-state index contributed by atoms with van der Waals surface area (Å²) in [6, 6.07) is 7.08. The number of oxazole rings is 1. The number of aromatic nitrogens is 2. The molecule has 3 aromatic rings. The molecule has 3 rings (SSSR count). The van der Waals surface area contributed by atoms with Crippen molar-refractivity contribution in [1.29, 1.82) is 0 Å². The summed E-state index contributed by atoms with van der Waals surface area (Å²) >= 11 is 7.56. The van der Waals surface area contributed by atoms with E-state index in [1.807, 2.05) is 6.92 Å². The van der Waals surface area contributed by atoms with Crippen molar-refractivity contribution in [3.8, 4) is 11.3 Å². The predicted molar refractivity (Wildman–Crippen MR) is 82.9 cm³/mol. The molecule has 0 bridgehead atoms. The third-order valence-corrected chi connectivity index (χ3v) is 4.30. The number of carbonyl (C=O) groups excluding carboxylic acids is 1. The van der Waals surface area contributed by atoms with E-state index in [0.29, 0.717) is 16.3 Å². The predicted octanol–water partition coefficient (Wildman–Crippen LogP) is 4.12. The largest absolute Gasteiger partial charge is 0.455 e. The van der Waals surface area contributed by atoms with E-state index < -0.39 is 5.97 Å². The summed E-state index contributed by atoms with van der Waals surface area (Å²) in [4.78, 5) is 21.2. The average molecular weight is 335 g/mol. The first-order valence-electron chi connectivity index (χ1n) is 6.41. The van der Waals surface area contributed by atoms with Crippen molar-refractivity contribution in [1.82, 2.24) is 9.97 Å². The van der Waals surface area contributed by atoms with Crippen molar-refractivity contribution in [3.05, 3.63) is 57.5 Å². The molecule has 0 amide bonds. The molecule has 0 aliphatic carbocycles. The van der Waals surface area contributed by atoms with Crippen LogP contribution in [-0.4, -0.2) is 15.9 Å². The third-order valence-electron chi connectivity index (χ3n) is 3.06. The number of benzene rings is 1. The second-order valence-corrected chi connectivity index (χ2v) is 5.79. The van der Waals surface area contributed by atoms with Crippen molar-refractivity contribution in [3.63, 3.8) is 0 Å². The van der Waals surface area contributed by atoms with Gasteiger partial charge in [-0.3, -0.25) is 0 Å². The number of thiazole rings is 1. The van der Waals surface area contributed by atoms with E-state index >= 15 is 0 Å². The number of aryl methyl sites for hydroxylation is 1. The zero-order chi connectivity index (χ0) is 15.5. The van der Waals surface area contributed by atoms with E-state index in [1.54, 1.807) is 29.8 Å². The SMILES string of the molecule is Cc1ncsc1COC(=O)c1ncoc1-c1ccccc1Cl. The highest BCUT2D eigenvalue weighted by Crippen LogP contribution is 2.30. The van der Waals surface area contributed by atoms with Crippen LogP contribution in [0.15, 0.2) is 40.6 Å². The van der Waals surface area contributed by atoms with Crippen LogP contribution in [0.5, 0.6) is 0 Å². The molecule has 0 aliphatic rings. The Balaban J connectivity index is 1.81. The number of ether oxygens (including phenoxy) is 1. The number of nitrogens with zero attached hydrogens (tertiary/aromatic N) is 2. The van der Waals surface area contributed by atoms with Gasteiger partial charge in [0.05, 0.1) is 21.1 Å². The van der Waals surface area contributed by atoms with Crippen molar-refractivity contribution in [2.45, 2.75) is 13.5 Å². The third kappa shape index (κ3) is 2.88. The first-order chi connectivity index (χ1) is 10.7. The lowest BCUT2D eigenvalue weighted by Gasteiger charge is -2.04. The minimum Gasteiger partial charge on any atom is -0.455 e. The highest BCUT2D eigenvalue weighted by atomic mass is 35.5. The maximum Gasteiger partial charge on any atom is 0.361 e. The van der Waals surface area contributed by atoms with Gasteiger partial charge in [0.1, 0.15) is 6.61 Å². The molecule has 0 N–H and O–H groups in total. The Hall–Kier alpha value is -2.18. The maximum absolute atomic E-state index is 12.2. The lowest BCUT2D eigenvalue weighted by atomic mass is 10.1. The Morgan fingerprint density at radius 1 is 1.36 bits per heavy atom. The van der Waals surface area contributed by atoms with Crippen LogP contribution in [0.4, 0.5) is 0 Å². The van der Waals surface area contributed by atoms with Crippen molar-refractivity contribution in [2.24, 2.45) is 0 Å². The normalized spacial score (nSPS) is 10.6. The van der Waals surface area contributed by atoms with E-state index in [0.717, 1.165) is 10.6 Å². The van der Waals surface area contributed by atoms with Crippen LogP contribution < -0.4 is 0 Å². The average Bonchev–Trinajstić information content (AvgIpc) is 3.14. The minimum absolute atomic E-state index is 0.107. The van der Waals surface area contributed by atoms with Gasteiger partial charge in [-0.2, -0.15) is 0 Å². The summed E-state index contributed by atoms with van der Waals surface area (Å²) in [5.74, 6) is -0.256. The van der Waals surface area contributed by atoms with E-state index in [-0.39, 0.29) is 12.3 Å². The summed E-state index contributed by atoms with van der Waals surface area (Å²) in [6.07, 6.45) is 1.20. The van der Waals surface area contributed by atoms with Gasteiger partial charge in [0.15, 0.2) is 17.8 Å². The molecule has 1 aromatic carbocycles. The van der Waals surface area contributed by atoms with Crippen molar-refractivity contribution in [2.75, 3.05) is 0 Å². The Morgan fingerprint density at radius 2 is 2.18 bits per heavy atom. The van der Waals surface area contributed by atoms with Crippen LogP contribution in [0.3, 0.4) is 0 Å². The molecule has 2 aromatic heterocycles. The number of carbonyl (C=O) groups is 1. The van der Waals surface area contributed by atoms with Gasteiger partial charge in [-0.15, -0.1) is 11.3 Å². The molecule has 0 aliphatic heterocycles. The fourth-order valence-corrected chi connectivity index (χ4v) is 2.80. The summed E-state index contributed by atoms with van der Waals surface area (Å²) in [7, 11) is 0. The number of hydrogen-bond donors (Lipinski definition) is 0. The molecule has 0 spiro atoms. The molecule has 0 radical (unpaired) electrons. The van der Waals surface area contributed by atoms with Crippen LogP contribution in [0.25, 0.3) is 11.3 Å². The monoisotopic (exact) mass is 334 g/mol. The molecule has 0 unspecified atom stereocenters. The highest BCUT2D eigenvalue weighted by Gasteiger charge is 2.21. The van der Waals surface area contributed by atoms with Crippen LogP contribution in [0, 0.1) is 6.92 Å². The Bertz CT molecular complexity index is 812. The van der Waals surface area contributed by atoms with Gasteiger partial charge < -0.3 is 9.15 Å². The minimum atomic E-state index is -0.559. The summed E-state index contributed by atoms with van der Waals surface area (Å²) < 4.78 is 10.6. The molecule has 112 valence electrons. The van der Waals surface area contributed by atoms with E-state index in [1.165, 1.54) is 17.7 Å². The molecule has 0 fully saturated rings. The molecule has 22 heavy (non-hydrogen) atoms. The van der Waals surface area contributed by atoms with E-state index in [9.17, 15) is 4.79 Å². The Labute approximate surface area is 135 Å². The van der Waals surface area contributed by atoms with E-state index in [4.69, 9.17) is 20.8 Å². The van der Waals surface area contributed by atoms with Gasteiger partial charge in [0.2, 0.25) is 0 Å². The fourth-order valence-electron chi connectivity index (χ4n) is 1.89. The smallest absolute Gasteiger partial charge is 0.361 e.